The number of nitrogens with two attached hydrogens (primary N) is 1. The van der Waals surface area contributed by atoms with E-state index in [-0.39, 0.29) is 17.8 Å². The largest absolute Gasteiger partial charge is 0.493 e. The maximum absolute atomic E-state index is 11.8. The third-order valence-electron chi connectivity index (χ3n) is 4.62. The number of anilines is 2. The fourth-order valence-corrected chi connectivity index (χ4v) is 3.14. The minimum absolute atomic E-state index is 0.220. The molecule has 33 heavy (non-hydrogen) atoms. The fourth-order valence-electron chi connectivity index (χ4n) is 3.14. The molecule has 11 heteroatoms. The van der Waals surface area contributed by atoms with E-state index in [4.69, 9.17) is 25.2 Å². The Bertz CT molecular complexity index is 1160. The Labute approximate surface area is 189 Å². The van der Waals surface area contributed by atoms with Gasteiger partial charge in [-0.25, -0.2) is 15.4 Å². The lowest BCUT2D eigenvalue weighted by Crippen LogP contribution is -2.21. The van der Waals surface area contributed by atoms with E-state index in [1.54, 1.807) is 41.9 Å². The molecule has 0 unspecified atom stereocenters. The first-order valence-electron chi connectivity index (χ1n) is 9.67. The van der Waals surface area contributed by atoms with Crippen LogP contribution in [0, 0.1) is 0 Å². The number of hydrogen-bond acceptors (Lipinski definition) is 9. The van der Waals surface area contributed by atoms with Crippen molar-refractivity contribution in [3.63, 3.8) is 0 Å². The molecule has 3 aromatic rings. The van der Waals surface area contributed by atoms with E-state index in [0.717, 1.165) is 0 Å². The summed E-state index contributed by atoms with van der Waals surface area (Å²) in [5.74, 6) is 0.433. The zero-order chi connectivity index (χ0) is 24.0. The van der Waals surface area contributed by atoms with Crippen molar-refractivity contribution < 1.29 is 29.0 Å². The van der Waals surface area contributed by atoms with Crippen molar-refractivity contribution in [2.75, 3.05) is 26.6 Å². The van der Waals surface area contributed by atoms with Gasteiger partial charge in [-0.1, -0.05) is 12.1 Å². The van der Waals surface area contributed by atoms with E-state index in [0.29, 0.717) is 40.0 Å². The lowest BCUT2D eigenvalue weighted by Gasteiger charge is -2.15. The van der Waals surface area contributed by atoms with Crippen molar-refractivity contribution in [1.82, 2.24) is 15.4 Å². The number of primary amides is 1. The molecule has 0 saturated heterocycles. The van der Waals surface area contributed by atoms with Crippen molar-refractivity contribution in [2.24, 2.45) is 5.73 Å². The average Bonchev–Trinajstić information content (AvgIpc) is 2.82. The number of methoxy groups -OCH3 is 3. The molecule has 1 aromatic heterocycles. The molecule has 0 aliphatic rings. The van der Waals surface area contributed by atoms with Gasteiger partial charge in [-0.15, -0.1) is 0 Å². The Kier molecular flexibility index (Phi) is 7.26. The predicted octanol–water partition coefficient (Wildman–Crippen LogP) is 2.06. The Morgan fingerprint density at radius 2 is 1.67 bits per heavy atom. The highest BCUT2D eigenvalue weighted by molar-refractivity contribution is 5.99. The highest BCUT2D eigenvalue weighted by atomic mass is 16.5. The van der Waals surface area contributed by atoms with Crippen LogP contribution < -0.4 is 30.7 Å². The molecule has 11 nitrogen and oxygen atoms in total. The smallest absolute Gasteiger partial charge is 0.250 e. The molecule has 1 heterocycles. The number of para-hydroxylation sites is 1. The molecular formula is C22H23N5O6. The topological polar surface area (TPSA) is 158 Å². The summed E-state index contributed by atoms with van der Waals surface area (Å²) in [6.45, 7) is 0. The zero-order valence-corrected chi connectivity index (χ0v) is 18.2. The van der Waals surface area contributed by atoms with Gasteiger partial charge in [-0.05, 0) is 24.3 Å². The summed E-state index contributed by atoms with van der Waals surface area (Å²) in [6.07, 6.45) is -0.220. The van der Waals surface area contributed by atoms with Gasteiger partial charge in [-0.2, -0.15) is 0 Å². The molecule has 0 spiro atoms. The second-order valence-electron chi connectivity index (χ2n) is 6.73. The zero-order valence-electron chi connectivity index (χ0n) is 18.2. The maximum Gasteiger partial charge on any atom is 0.250 e. The number of rotatable bonds is 9. The summed E-state index contributed by atoms with van der Waals surface area (Å²) in [6, 6.07) is 11.5. The van der Waals surface area contributed by atoms with Gasteiger partial charge in [0.05, 0.1) is 44.7 Å². The van der Waals surface area contributed by atoms with Gasteiger partial charge < -0.3 is 25.3 Å². The first kappa shape index (κ1) is 23.3. The van der Waals surface area contributed by atoms with E-state index in [2.05, 4.69) is 15.3 Å². The Morgan fingerprint density at radius 1 is 1.00 bits per heavy atom. The first-order chi connectivity index (χ1) is 15.9. The van der Waals surface area contributed by atoms with Crippen LogP contribution in [0.15, 0.2) is 42.5 Å². The quantitative estimate of drug-likeness (QED) is 0.281. The van der Waals surface area contributed by atoms with Crippen LogP contribution in [-0.2, 0) is 11.2 Å². The summed E-state index contributed by atoms with van der Waals surface area (Å²) >= 11 is 0. The van der Waals surface area contributed by atoms with Crippen molar-refractivity contribution in [3.05, 3.63) is 53.7 Å². The summed E-state index contributed by atoms with van der Waals surface area (Å²) in [7, 11) is 4.46. The number of hydroxylamine groups is 1. The average molecular weight is 453 g/mol. The van der Waals surface area contributed by atoms with Crippen LogP contribution in [0.25, 0.3) is 11.4 Å². The van der Waals surface area contributed by atoms with Crippen LogP contribution in [0.5, 0.6) is 17.2 Å². The van der Waals surface area contributed by atoms with Crippen molar-refractivity contribution in [1.29, 1.82) is 0 Å². The number of carbonyl (C=O) groups excluding carboxylic acids is 2. The van der Waals surface area contributed by atoms with E-state index < -0.39 is 11.8 Å². The second-order valence-corrected chi connectivity index (χ2v) is 6.73. The standard InChI is InChI=1S/C22H23N5O6/c1-31-16-8-12(9-17(32-2)20(16)33-3)22-24-13(11-19(28)27-30)10-18(26-22)25-15-7-5-4-6-14(15)21(23)29/h4-10,30H,11H2,1-3H3,(H2,23,29)(H,27,28)(H,24,25,26). The van der Waals surface area contributed by atoms with Crippen molar-refractivity contribution in [3.8, 4) is 28.6 Å². The van der Waals surface area contributed by atoms with E-state index >= 15 is 0 Å². The van der Waals surface area contributed by atoms with Gasteiger partial charge >= 0.3 is 0 Å². The Morgan fingerprint density at radius 3 is 2.24 bits per heavy atom. The monoisotopic (exact) mass is 453 g/mol. The van der Waals surface area contributed by atoms with Gasteiger partial charge in [0.15, 0.2) is 17.3 Å². The summed E-state index contributed by atoms with van der Waals surface area (Å²) in [5, 5.41) is 12.0. The molecular weight excluding hydrogens is 430 g/mol. The highest BCUT2D eigenvalue weighted by Crippen LogP contribution is 2.40. The van der Waals surface area contributed by atoms with Gasteiger partial charge in [0, 0.05) is 11.6 Å². The molecule has 0 fully saturated rings. The van der Waals surface area contributed by atoms with E-state index in [9.17, 15) is 9.59 Å². The van der Waals surface area contributed by atoms with Crippen LogP contribution in [-0.4, -0.2) is 48.3 Å². The summed E-state index contributed by atoms with van der Waals surface area (Å²) in [4.78, 5) is 32.5. The third kappa shape index (κ3) is 5.28. The molecule has 2 aromatic carbocycles. The van der Waals surface area contributed by atoms with Crippen LogP contribution in [0.4, 0.5) is 11.5 Å². The Hall–Kier alpha value is -4.38. The van der Waals surface area contributed by atoms with Gasteiger partial charge in [-0.3, -0.25) is 14.8 Å². The van der Waals surface area contributed by atoms with Gasteiger partial charge in [0.25, 0.3) is 5.91 Å². The van der Waals surface area contributed by atoms with Gasteiger partial charge in [0.1, 0.15) is 5.82 Å². The third-order valence-corrected chi connectivity index (χ3v) is 4.62. The molecule has 5 N–H and O–H groups in total. The van der Waals surface area contributed by atoms with Crippen molar-refractivity contribution >= 4 is 23.3 Å². The normalized spacial score (nSPS) is 10.3. The molecule has 0 aliphatic heterocycles. The number of carbonyl (C=O) groups is 2. The predicted molar refractivity (Wildman–Crippen MR) is 119 cm³/mol. The van der Waals surface area contributed by atoms with Crippen LogP contribution in [0.3, 0.4) is 0 Å². The number of hydrogen-bond donors (Lipinski definition) is 4. The van der Waals surface area contributed by atoms with Crippen LogP contribution in [0.2, 0.25) is 0 Å². The SMILES string of the molecule is COc1cc(-c2nc(CC(=O)NO)cc(Nc3ccccc3C(N)=O)n2)cc(OC)c1OC. The Balaban J connectivity index is 2.14. The maximum atomic E-state index is 11.8. The molecule has 3 rings (SSSR count). The molecule has 0 saturated carbocycles. The lowest BCUT2D eigenvalue weighted by atomic mass is 10.1. The minimum atomic E-state index is -0.659. The number of nitrogens with one attached hydrogen (secondary N) is 2. The molecule has 172 valence electrons. The highest BCUT2D eigenvalue weighted by Gasteiger charge is 2.18. The lowest BCUT2D eigenvalue weighted by molar-refractivity contribution is -0.128. The minimum Gasteiger partial charge on any atom is -0.493 e. The second kappa shape index (κ2) is 10.3. The molecule has 0 atom stereocenters. The van der Waals surface area contributed by atoms with Gasteiger partial charge in [0.2, 0.25) is 11.7 Å². The number of benzene rings is 2. The fraction of sp³-hybridized carbons (Fsp3) is 0.182. The number of aromatic nitrogens is 2. The van der Waals surface area contributed by atoms with Crippen molar-refractivity contribution in [2.45, 2.75) is 6.42 Å². The number of ether oxygens (including phenoxy) is 3. The molecule has 2 amide bonds. The number of nitrogens with zero attached hydrogens (tertiary/aromatic N) is 2. The first-order valence-corrected chi connectivity index (χ1v) is 9.67. The summed E-state index contributed by atoms with van der Waals surface area (Å²) in [5.41, 5.74) is 8.55. The molecule has 0 bridgehead atoms. The summed E-state index contributed by atoms with van der Waals surface area (Å²) < 4.78 is 16.1. The van der Waals surface area contributed by atoms with Crippen LogP contribution in [0.1, 0.15) is 16.1 Å². The van der Waals surface area contributed by atoms with E-state index in [1.807, 2.05) is 0 Å². The number of amides is 2. The molecule has 0 radical (unpaired) electrons. The molecule has 0 aliphatic carbocycles. The van der Waals surface area contributed by atoms with E-state index in [1.165, 1.54) is 27.4 Å². The van der Waals surface area contributed by atoms with Crippen LogP contribution >= 0.6 is 0 Å².